The van der Waals surface area contributed by atoms with Gasteiger partial charge in [-0.15, -0.1) is 0 Å². The summed E-state index contributed by atoms with van der Waals surface area (Å²) in [6.07, 6.45) is -5.06. The molecule has 3 aromatic rings. The Morgan fingerprint density at radius 1 is 1.04 bits per heavy atom. The van der Waals surface area contributed by atoms with E-state index in [1.54, 1.807) is 0 Å². The van der Waals surface area contributed by atoms with Gasteiger partial charge in [0.2, 0.25) is 16.9 Å². The minimum absolute atomic E-state index is 0.0162. The SMILES string of the molecule is CC(C)(COP(=O)(O)OP(=O)(O)OCC1OC(n2cnc3c(N)ncnc32)C(O)C1OP(=O)(O)O)C(O)C(=O)NCCC(=O)NCCSC(=O)C(N)CC1CC(=NC2CC2c2ccccc2)C(O)=CC1=O. The van der Waals surface area contributed by atoms with Crippen LogP contribution in [-0.2, 0) is 55.5 Å². The van der Waals surface area contributed by atoms with Crippen LogP contribution in [0.5, 0.6) is 0 Å². The van der Waals surface area contributed by atoms with Gasteiger partial charge in [0.1, 0.15) is 42.0 Å². The van der Waals surface area contributed by atoms with E-state index in [1.165, 1.54) is 13.8 Å². The summed E-state index contributed by atoms with van der Waals surface area (Å²) >= 11 is 0.857. The molecule has 3 heterocycles. The Hall–Kier alpha value is -4.38. The van der Waals surface area contributed by atoms with Crippen molar-refractivity contribution in [3.8, 4) is 0 Å². The number of aromatic nitrogens is 4. The molecule has 32 heteroatoms. The summed E-state index contributed by atoms with van der Waals surface area (Å²) < 4.78 is 62.5. The second-order valence-corrected chi connectivity index (χ2v) is 22.6. The van der Waals surface area contributed by atoms with Crippen molar-refractivity contribution in [3.05, 3.63) is 60.4 Å². The van der Waals surface area contributed by atoms with Crippen LogP contribution in [-0.4, -0.2) is 151 Å². The molecule has 6 rings (SSSR count). The van der Waals surface area contributed by atoms with Crippen LogP contribution >= 0.6 is 35.2 Å². The highest BCUT2D eigenvalue weighted by Gasteiger charge is 2.50. The van der Waals surface area contributed by atoms with Crippen molar-refractivity contribution in [2.45, 2.75) is 88.2 Å². The van der Waals surface area contributed by atoms with Crippen molar-refractivity contribution in [2.24, 2.45) is 22.1 Å². The fraction of sp³-hybridized carbons (Fsp3) is 0.538. The molecule has 1 saturated carbocycles. The molecule has 71 heavy (non-hydrogen) atoms. The summed E-state index contributed by atoms with van der Waals surface area (Å²) in [7, 11) is -16.5. The van der Waals surface area contributed by atoms with E-state index < -0.39 is 102 Å². The quantitative estimate of drug-likeness (QED) is 0.0427. The topological polar surface area (TPSA) is 439 Å². The third kappa shape index (κ3) is 15.3. The lowest BCUT2D eigenvalue weighted by atomic mass is 9.86. The van der Waals surface area contributed by atoms with Crippen LogP contribution in [0.3, 0.4) is 0 Å². The van der Waals surface area contributed by atoms with Gasteiger partial charge in [0.05, 0.1) is 37.3 Å². The number of rotatable bonds is 24. The number of nitrogens with one attached hydrogen (secondary N) is 2. The minimum Gasteiger partial charge on any atom is -0.506 e. The lowest BCUT2D eigenvalue weighted by molar-refractivity contribution is -0.137. The largest absolute Gasteiger partial charge is 0.506 e. The number of ketones is 1. The van der Waals surface area contributed by atoms with E-state index in [1.807, 2.05) is 30.3 Å². The maximum Gasteiger partial charge on any atom is 0.481 e. The number of benzene rings is 1. The Balaban J connectivity index is 0.877. The number of nitrogens with two attached hydrogens (primary N) is 2. The predicted octanol–water partition coefficient (Wildman–Crippen LogP) is 0.410. The Bertz CT molecular complexity index is 2660. The summed E-state index contributed by atoms with van der Waals surface area (Å²) in [6, 6.07) is 8.82. The van der Waals surface area contributed by atoms with Crippen molar-refractivity contribution >= 4 is 80.6 Å². The fourth-order valence-corrected chi connectivity index (χ4v) is 11.0. The summed E-state index contributed by atoms with van der Waals surface area (Å²) in [4.78, 5) is 107. The Labute approximate surface area is 408 Å². The second kappa shape index (κ2) is 23.2. The monoisotopic (exact) mass is 1080 g/mol. The fourth-order valence-electron chi connectivity index (χ4n) is 7.47. The van der Waals surface area contributed by atoms with Crippen LogP contribution in [0, 0.1) is 11.3 Å². The third-order valence-corrected chi connectivity index (χ3v) is 15.4. The van der Waals surface area contributed by atoms with Gasteiger partial charge in [0, 0.05) is 55.0 Å². The molecule has 390 valence electrons. The molecule has 2 fully saturated rings. The number of carbonyl (C=O) groups excluding carboxylic acids is 4. The standard InChI is InChI=1S/C39H54N9O19P3S/c1-39(2,17-64-70(61,62)67-69(59,60)63-16-28-32(66-68(56,57)58)31(52)37(65-28)48-19-46-30-34(41)44-18-45-35(30)48)33(53)36(54)43-9-8-29(51)42-10-11-71-38(55)23(40)12-21-13-25(27(50)15-26(21)49)47-24-14-22(24)20-6-4-3-5-7-20/h3-7,15,18-19,21-24,28,31-33,37,50,52-53H,8-14,16-17,40H2,1-2H3,(H,42,51)(H,43,54)(H,59,60)(H,61,62)(H2,41,44,45)(H2,56,57,58). The van der Waals surface area contributed by atoms with Gasteiger partial charge in [-0.3, -0.25) is 42.3 Å². The highest BCUT2D eigenvalue weighted by molar-refractivity contribution is 8.13. The van der Waals surface area contributed by atoms with Crippen LogP contribution in [0.2, 0.25) is 0 Å². The molecule has 13 N–H and O–H groups in total. The lowest BCUT2D eigenvalue weighted by Crippen LogP contribution is -2.46. The number of hydrogen-bond donors (Lipinski definition) is 11. The molecule has 0 radical (unpaired) electrons. The van der Waals surface area contributed by atoms with E-state index in [-0.39, 0.29) is 78.6 Å². The number of aliphatic imine (C=N–C) groups is 1. The van der Waals surface area contributed by atoms with Gasteiger partial charge in [0.25, 0.3) is 0 Å². The van der Waals surface area contributed by atoms with Gasteiger partial charge in [-0.2, -0.15) is 4.31 Å². The van der Waals surface area contributed by atoms with E-state index in [9.17, 15) is 67.8 Å². The normalized spacial score (nSPS) is 25.8. The highest BCUT2D eigenvalue weighted by atomic mass is 32.2. The van der Waals surface area contributed by atoms with E-state index in [0.717, 1.165) is 47.0 Å². The first-order valence-electron chi connectivity index (χ1n) is 21.6. The van der Waals surface area contributed by atoms with Gasteiger partial charge < -0.3 is 61.7 Å². The molecule has 28 nitrogen and oxygen atoms in total. The minimum atomic E-state index is -5.61. The molecule has 1 aromatic carbocycles. The van der Waals surface area contributed by atoms with Crippen LogP contribution in [0.25, 0.3) is 11.2 Å². The van der Waals surface area contributed by atoms with Gasteiger partial charge in [0.15, 0.2) is 23.5 Å². The van der Waals surface area contributed by atoms with Crippen molar-refractivity contribution < 1.29 is 90.4 Å². The lowest BCUT2D eigenvalue weighted by Gasteiger charge is -2.30. The van der Waals surface area contributed by atoms with E-state index in [4.69, 9.17) is 25.3 Å². The number of amides is 2. The van der Waals surface area contributed by atoms with E-state index in [2.05, 4.69) is 39.4 Å². The van der Waals surface area contributed by atoms with Crippen molar-refractivity contribution in [2.75, 3.05) is 37.8 Å². The number of allylic oxidation sites excluding steroid dienone is 2. The van der Waals surface area contributed by atoms with Crippen LogP contribution in [0.1, 0.15) is 57.2 Å². The Kier molecular flexibility index (Phi) is 18.3. The number of thioether (sulfide) groups is 1. The number of hydrogen-bond acceptors (Lipinski definition) is 22. The highest BCUT2D eigenvalue weighted by Crippen LogP contribution is 2.61. The van der Waals surface area contributed by atoms with Gasteiger partial charge >= 0.3 is 23.5 Å². The molecule has 1 saturated heterocycles. The first kappa shape index (κ1) is 55.9. The zero-order chi connectivity index (χ0) is 52.1. The number of phosphoric acid groups is 3. The summed E-state index contributed by atoms with van der Waals surface area (Å²) in [5, 5.41) is 36.5. The summed E-state index contributed by atoms with van der Waals surface area (Å²) in [5.41, 5.74) is 11.9. The first-order valence-corrected chi connectivity index (χ1v) is 27.1. The molecule has 0 bridgehead atoms. The molecule has 11 atom stereocenters. The number of ether oxygens (including phenoxy) is 1. The van der Waals surface area contributed by atoms with Crippen LogP contribution < -0.4 is 22.1 Å². The molecule has 0 spiro atoms. The van der Waals surface area contributed by atoms with Gasteiger partial charge in [-0.05, 0) is 18.4 Å². The number of nitrogens with zero attached hydrogens (tertiary/aromatic N) is 5. The molecule has 2 aliphatic carbocycles. The molecule has 11 unspecified atom stereocenters. The predicted molar refractivity (Wildman–Crippen MR) is 249 cm³/mol. The maximum atomic E-state index is 12.8. The molecule has 2 aromatic heterocycles. The summed E-state index contributed by atoms with van der Waals surface area (Å²) in [6.45, 7) is 0.137. The zero-order valence-corrected chi connectivity index (χ0v) is 41.3. The van der Waals surface area contributed by atoms with E-state index >= 15 is 0 Å². The van der Waals surface area contributed by atoms with E-state index in [0.29, 0.717) is 5.71 Å². The second-order valence-electron chi connectivity index (χ2n) is 17.3. The van der Waals surface area contributed by atoms with Crippen molar-refractivity contribution in [1.29, 1.82) is 0 Å². The van der Waals surface area contributed by atoms with Gasteiger partial charge in [-0.1, -0.05) is 55.9 Å². The number of phosphoric ester groups is 3. The van der Waals surface area contributed by atoms with Crippen molar-refractivity contribution in [3.63, 3.8) is 0 Å². The van der Waals surface area contributed by atoms with Crippen LogP contribution in [0.15, 0.2) is 59.8 Å². The number of fused-ring (bicyclic) bond motifs is 1. The Morgan fingerprint density at radius 3 is 2.45 bits per heavy atom. The number of nitrogen functional groups attached to an aromatic ring is 1. The Morgan fingerprint density at radius 2 is 1.75 bits per heavy atom. The molecule has 3 aliphatic rings. The number of carbonyl (C=O) groups is 4. The average molecular weight is 1080 g/mol. The maximum absolute atomic E-state index is 12.8. The molecular weight excluding hydrogens is 1020 g/mol. The number of anilines is 1. The van der Waals surface area contributed by atoms with Crippen LogP contribution in [0.4, 0.5) is 5.82 Å². The average Bonchev–Trinajstić information content (AvgIpc) is 3.83. The molecular formula is C39H54N9O19P3S. The number of aliphatic hydroxyl groups excluding tert-OH is 3. The number of imidazole rings is 1. The zero-order valence-electron chi connectivity index (χ0n) is 37.8. The number of aliphatic hydroxyl groups is 3. The molecule has 1 aliphatic heterocycles. The summed E-state index contributed by atoms with van der Waals surface area (Å²) in [5.74, 6) is -2.44. The molecule has 2 amide bonds. The van der Waals surface area contributed by atoms with Crippen molar-refractivity contribution in [1.82, 2.24) is 30.2 Å². The smallest absolute Gasteiger partial charge is 0.481 e. The first-order chi connectivity index (χ1) is 33.2. The third-order valence-electron chi connectivity index (χ3n) is 11.3. The van der Waals surface area contributed by atoms with Gasteiger partial charge in [-0.25, -0.2) is 28.6 Å².